The summed E-state index contributed by atoms with van der Waals surface area (Å²) in [6, 6.07) is 4.96. The third-order valence-corrected chi connectivity index (χ3v) is 2.99. The Kier molecular flexibility index (Phi) is 7.77. The number of hydrogen-bond acceptors (Lipinski definition) is 3. The highest BCUT2D eigenvalue weighted by molar-refractivity contribution is 5.54. The molecule has 114 valence electrons. The van der Waals surface area contributed by atoms with E-state index in [1.54, 1.807) is 12.1 Å². The van der Waals surface area contributed by atoms with Crippen LogP contribution in [0, 0.1) is 0 Å². The second-order valence-electron chi connectivity index (χ2n) is 4.59. The van der Waals surface area contributed by atoms with Crippen LogP contribution in [0.4, 0.5) is 14.5 Å². The molecule has 0 aromatic heterocycles. The Morgan fingerprint density at radius 2 is 1.85 bits per heavy atom. The minimum Gasteiger partial charge on any atom is -0.493 e. The van der Waals surface area contributed by atoms with Crippen molar-refractivity contribution in [2.75, 3.05) is 19.0 Å². The van der Waals surface area contributed by atoms with Crippen molar-refractivity contribution in [3.8, 4) is 11.5 Å². The molecule has 0 radical (unpaired) electrons. The minimum absolute atomic E-state index is 0.0542. The molecule has 20 heavy (non-hydrogen) atoms. The van der Waals surface area contributed by atoms with Crippen LogP contribution in [-0.4, -0.2) is 20.3 Å². The number of alkyl halides is 2. The van der Waals surface area contributed by atoms with Gasteiger partial charge in [0.2, 0.25) is 0 Å². The number of rotatable bonds is 10. The van der Waals surface area contributed by atoms with Crippen LogP contribution in [0.15, 0.2) is 18.2 Å². The molecule has 0 bridgehead atoms. The predicted octanol–water partition coefficient (Wildman–Crippen LogP) is 4.68. The molecule has 0 aliphatic rings. The van der Waals surface area contributed by atoms with Crippen LogP contribution in [0.5, 0.6) is 11.5 Å². The normalized spacial score (nSPS) is 10.7. The molecule has 0 atom stereocenters. The summed E-state index contributed by atoms with van der Waals surface area (Å²) in [7, 11) is 1.43. The van der Waals surface area contributed by atoms with E-state index in [0.717, 1.165) is 18.7 Å². The number of unbranched alkanes of at least 4 members (excludes halogenated alkanes) is 4. The average molecular weight is 287 g/mol. The number of nitrogens with one attached hydrogen (secondary N) is 1. The van der Waals surface area contributed by atoms with Crippen molar-refractivity contribution in [3.63, 3.8) is 0 Å². The molecule has 3 nitrogen and oxygen atoms in total. The average Bonchev–Trinajstić information content (AvgIpc) is 2.42. The summed E-state index contributed by atoms with van der Waals surface area (Å²) in [5, 5.41) is 3.21. The highest BCUT2D eigenvalue weighted by atomic mass is 19.3. The first-order valence-electron chi connectivity index (χ1n) is 7.04. The Morgan fingerprint density at radius 1 is 1.10 bits per heavy atom. The fourth-order valence-electron chi connectivity index (χ4n) is 1.94. The quantitative estimate of drug-likeness (QED) is 0.634. The van der Waals surface area contributed by atoms with E-state index in [4.69, 9.17) is 4.74 Å². The second-order valence-corrected chi connectivity index (χ2v) is 4.59. The molecule has 1 N–H and O–H groups in total. The Bertz CT molecular complexity index is 386. The van der Waals surface area contributed by atoms with Crippen molar-refractivity contribution in [3.05, 3.63) is 18.2 Å². The van der Waals surface area contributed by atoms with Crippen LogP contribution in [0.3, 0.4) is 0 Å². The van der Waals surface area contributed by atoms with Crippen LogP contribution in [0.2, 0.25) is 0 Å². The van der Waals surface area contributed by atoms with Gasteiger partial charge >= 0.3 is 6.61 Å². The SMILES string of the molecule is CCCCCCCNc1ccc(OC)c(OC(F)F)c1. The lowest BCUT2D eigenvalue weighted by Gasteiger charge is -2.12. The monoisotopic (exact) mass is 287 g/mol. The molecule has 0 aliphatic carbocycles. The van der Waals surface area contributed by atoms with Gasteiger partial charge in [-0.05, 0) is 18.6 Å². The van der Waals surface area contributed by atoms with Crippen LogP contribution in [-0.2, 0) is 0 Å². The summed E-state index contributed by atoms with van der Waals surface area (Å²) < 4.78 is 34.0. The first kappa shape index (κ1) is 16.5. The van der Waals surface area contributed by atoms with E-state index in [-0.39, 0.29) is 5.75 Å². The lowest BCUT2D eigenvalue weighted by atomic mass is 10.1. The maximum atomic E-state index is 12.3. The van der Waals surface area contributed by atoms with Crippen molar-refractivity contribution >= 4 is 5.69 Å². The molecular formula is C15H23F2NO2. The number of ether oxygens (including phenoxy) is 2. The van der Waals surface area contributed by atoms with Crippen molar-refractivity contribution in [2.45, 2.75) is 45.6 Å². The maximum absolute atomic E-state index is 12.3. The van der Waals surface area contributed by atoms with Gasteiger partial charge in [-0.3, -0.25) is 0 Å². The van der Waals surface area contributed by atoms with Gasteiger partial charge in [0.15, 0.2) is 11.5 Å². The third kappa shape index (κ3) is 6.08. The lowest BCUT2D eigenvalue weighted by molar-refractivity contribution is -0.0511. The van der Waals surface area contributed by atoms with Crippen molar-refractivity contribution in [2.24, 2.45) is 0 Å². The van der Waals surface area contributed by atoms with Crippen molar-refractivity contribution in [1.29, 1.82) is 0 Å². The molecule has 1 aromatic carbocycles. The van der Waals surface area contributed by atoms with Crippen LogP contribution < -0.4 is 14.8 Å². The summed E-state index contributed by atoms with van der Waals surface area (Å²) in [5.74, 6) is 0.359. The smallest absolute Gasteiger partial charge is 0.387 e. The summed E-state index contributed by atoms with van der Waals surface area (Å²) in [5.41, 5.74) is 0.761. The van der Waals surface area contributed by atoms with E-state index in [1.165, 1.54) is 38.9 Å². The molecule has 0 spiro atoms. The largest absolute Gasteiger partial charge is 0.493 e. The van der Waals surface area contributed by atoms with Crippen LogP contribution in [0.1, 0.15) is 39.0 Å². The van der Waals surface area contributed by atoms with Gasteiger partial charge in [0.25, 0.3) is 0 Å². The van der Waals surface area contributed by atoms with Crippen molar-refractivity contribution in [1.82, 2.24) is 0 Å². The Labute approximate surface area is 119 Å². The molecule has 0 amide bonds. The highest BCUT2D eigenvalue weighted by Crippen LogP contribution is 2.31. The Balaban J connectivity index is 2.45. The van der Waals surface area contributed by atoms with E-state index < -0.39 is 6.61 Å². The van der Waals surface area contributed by atoms with Gasteiger partial charge in [-0.2, -0.15) is 8.78 Å². The van der Waals surface area contributed by atoms with Gasteiger partial charge < -0.3 is 14.8 Å². The molecule has 0 saturated heterocycles. The number of benzene rings is 1. The predicted molar refractivity (Wildman–Crippen MR) is 76.9 cm³/mol. The maximum Gasteiger partial charge on any atom is 0.387 e. The van der Waals surface area contributed by atoms with E-state index in [1.807, 2.05) is 0 Å². The fourth-order valence-corrected chi connectivity index (χ4v) is 1.94. The van der Waals surface area contributed by atoms with Crippen LogP contribution >= 0.6 is 0 Å². The van der Waals surface area contributed by atoms with Gasteiger partial charge in [0, 0.05) is 18.3 Å². The highest BCUT2D eigenvalue weighted by Gasteiger charge is 2.11. The van der Waals surface area contributed by atoms with E-state index in [0.29, 0.717) is 5.75 Å². The standard InChI is InChI=1S/C15H23F2NO2/c1-3-4-5-6-7-10-18-12-8-9-13(19-2)14(11-12)20-15(16)17/h8-9,11,15,18H,3-7,10H2,1-2H3. The minimum atomic E-state index is -2.85. The zero-order valence-electron chi connectivity index (χ0n) is 12.1. The zero-order valence-corrected chi connectivity index (χ0v) is 12.1. The molecule has 0 fully saturated rings. The molecular weight excluding hydrogens is 264 g/mol. The first-order valence-corrected chi connectivity index (χ1v) is 7.04. The van der Waals surface area contributed by atoms with Crippen LogP contribution in [0.25, 0.3) is 0 Å². The third-order valence-electron chi connectivity index (χ3n) is 2.99. The number of methoxy groups -OCH3 is 1. The molecule has 0 saturated carbocycles. The van der Waals surface area contributed by atoms with Gasteiger partial charge in [-0.15, -0.1) is 0 Å². The topological polar surface area (TPSA) is 30.5 Å². The fraction of sp³-hybridized carbons (Fsp3) is 0.600. The van der Waals surface area contributed by atoms with Gasteiger partial charge in [0.05, 0.1) is 7.11 Å². The molecule has 1 aromatic rings. The molecule has 0 unspecified atom stereocenters. The van der Waals surface area contributed by atoms with E-state index >= 15 is 0 Å². The van der Waals surface area contributed by atoms with Crippen molar-refractivity contribution < 1.29 is 18.3 Å². The molecule has 5 heteroatoms. The summed E-state index contributed by atoms with van der Waals surface area (Å²) in [6.07, 6.45) is 5.96. The first-order chi connectivity index (χ1) is 9.67. The molecule has 0 aliphatic heterocycles. The lowest BCUT2D eigenvalue weighted by Crippen LogP contribution is -2.05. The molecule has 0 heterocycles. The number of hydrogen-bond donors (Lipinski definition) is 1. The van der Waals surface area contributed by atoms with Gasteiger partial charge in [0.1, 0.15) is 0 Å². The summed E-state index contributed by atoms with van der Waals surface area (Å²) in [4.78, 5) is 0. The second kappa shape index (κ2) is 9.39. The van der Waals surface area contributed by atoms with E-state index in [9.17, 15) is 8.78 Å². The van der Waals surface area contributed by atoms with Gasteiger partial charge in [-0.1, -0.05) is 32.6 Å². The number of anilines is 1. The Morgan fingerprint density at radius 3 is 2.50 bits per heavy atom. The van der Waals surface area contributed by atoms with Gasteiger partial charge in [-0.25, -0.2) is 0 Å². The number of halogens is 2. The Hall–Kier alpha value is -1.52. The van der Waals surface area contributed by atoms with E-state index in [2.05, 4.69) is 17.0 Å². The molecule has 1 rings (SSSR count). The summed E-state index contributed by atoms with van der Waals surface area (Å²) in [6.45, 7) is 0.151. The zero-order chi connectivity index (χ0) is 14.8. The summed E-state index contributed by atoms with van der Waals surface area (Å²) >= 11 is 0.